The normalized spacial score (nSPS) is 17.6. The molecule has 5 nitrogen and oxygen atoms in total. The van der Waals surface area contributed by atoms with Gasteiger partial charge in [-0.15, -0.1) is 0 Å². The Hall–Kier alpha value is -2.89. The number of carbonyl (C=O) groups excluding carboxylic acids is 2. The number of ether oxygens (including phenoxy) is 1. The Balaban J connectivity index is 1.71. The van der Waals surface area contributed by atoms with Gasteiger partial charge in [-0.05, 0) is 30.7 Å². The lowest BCUT2D eigenvalue weighted by molar-refractivity contribution is -0.156. The van der Waals surface area contributed by atoms with E-state index in [1.165, 1.54) is 15.9 Å². The van der Waals surface area contributed by atoms with Crippen LogP contribution in [0.1, 0.15) is 18.1 Å². The summed E-state index contributed by atoms with van der Waals surface area (Å²) in [5, 5.41) is 0. The molecule has 136 valence electrons. The highest BCUT2D eigenvalue weighted by atomic mass is 19.1. The van der Waals surface area contributed by atoms with Crippen LogP contribution in [-0.2, 0) is 22.7 Å². The number of methoxy groups -OCH3 is 1. The molecule has 1 atom stereocenters. The molecule has 0 aliphatic carbocycles. The number of nitrogens with zero attached hydrogens (tertiary/aromatic N) is 2. The van der Waals surface area contributed by atoms with Gasteiger partial charge < -0.3 is 14.5 Å². The van der Waals surface area contributed by atoms with Crippen molar-refractivity contribution in [2.75, 3.05) is 13.7 Å². The maximum absolute atomic E-state index is 13.9. The van der Waals surface area contributed by atoms with Crippen molar-refractivity contribution in [3.63, 3.8) is 0 Å². The van der Waals surface area contributed by atoms with E-state index < -0.39 is 6.04 Å². The molecule has 0 radical (unpaired) electrons. The Labute approximate surface area is 152 Å². The molecule has 0 unspecified atom stereocenters. The molecular formula is C20H21FN2O3. The van der Waals surface area contributed by atoms with Crippen molar-refractivity contribution < 1.29 is 18.7 Å². The second kappa shape index (κ2) is 7.56. The fourth-order valence-electron chi connectivity index (χ4n) is 3.07. The van der Waals surface area contributed by atoms with Crippen molar-refractivity contribution >= 4 is 11.8 Å². The van der Waals surface area contributed by atoms with Gasteiger partial charge in [0, 0.05) is 18.7 Å². The lowest BCUT2D eigenvalue weighted by Crippen LogP contribution is -2.58. The number of hydrogen-bond donors (Lipinski definition) is 0. The third-order valence-corrected chi connectivity index (χ3v) is 4.61. The molecule has 1 saturated heterocycles. The first-order valence-corrected chi connectivity index (χ1v) is 8.44. The largest absolute Gasteiger partial charge is 0.497 e. The van der Waals surface area contributed by atoms with Crippen molar-refractivity contribution in [3.8, 4) is 5.75 Å². The van der Waals surface area contributed by atoms with E-state index in [4.69, 9.17) is 4.74 Å². The minimum atomic E-state index is -0.630. The average Bonchev–Trinajstić information content (AvgIpc) is 2.65. The average molecular weight is 356 g/mol. The van der Waals surface area contributed by atoms with E-state index in [0.717, 1.165) is 11.3 Å². The summed E-state index contributed by atoms with van der Waals surface area (Å²) in [4.78, 5) is 28.2. The number of benzene rings is 2. The van der Waals surface area contributed by atoms with Gasteiger partial charge in [-0.2, -0.15) is 0 Å². The van der Waals surface area contributed by atoms with Crippen LogP contribution in [-0.4, -0.2) is 41.3 Å². The standard InChI is InChI=1S/C20H21FN2O3/c1-14-20(25)22(11-15-7-9-17(26-2)10-8-15)13-19(24)23(14)12-16-5-3-4-6-18(16)21/h3-10,14H,11-13H2,1-2H3/t14-/m0/s1. The van der Waals surface area contributed by atoms with Crippen molar-refractivity contribution in [2.45, 2.75) is 26.1 Å². The maximum atomic E-state index is 13.9. The van der Waals surface area contributed by atoms with Crippen LogP contribution in [0.15, 0.2) is 48.5 Å². The zero-order chi connectivity index (χ0) is 18.7. The molecule has 0 saturated carbocycles. The Kier molecular flexibility index (Phi) is 5.21. The molecule has 2 aromatic carbocycles. The predicted octanol–water partition coefficient (Wildman–Crippen LogP) is 2.59. The Morgan fingerprint density at radius 2 is 1.77 bits per heavy atom. The minimum Gasteiger partial charge on any atom is -0.497 e. The van der Waals surface area contributed by atoms with Gasteiger partial charge in [0.2, 0.25) is 11.8 Å². The van der Waals surface area contributed by atoms with E-state index >= 15 is 0 Å². The van der Waals surface area contributed by atoms with Crippen LogP contribution in [0.3, 0.4) is 0 Å². The summed E-state index contributed by atoms with van der Waals surface area (Å²) in [7, 11) is 1.59. The fraction of sp³-hybridized carbons (Fsp3) is 0.300. The molecular weight excluding hydrogens is 335 g/mol. The fourth-order valence-corrected chi connectivity index (χ4v) is 3.07. The van der Waals surface area contributed by atoms with Gasteiger partial charge in [-0.25, -0.2) is 4.39 Å². The highest BCUT2D eigenvalue weighted by Gasteiger charge is 2.36. The predicted molar refractivity (Wildman–Crippen MR) is 94.8 cm³/mol. The first kappa shape index (κ1) is 17.9. The quantitative estimate of drug-likeness (QED) is 0.827. The highest BCUT2D eigenvalue weighted by Crippen LogP contribution is 2.20. The summed E-state index contributed by atoms with van der Waals surface area (Å²) in [5.41, 5.74) is 1.32. The van der Waals surface area contributed by atoms with Gasteiger partial charge in [0.25, 0.3) is 0 Å². The van der Waals surface area contributed by atoms with Crippen molar-refractivity contribution in [1.29, 1.82) is 0 Å². The van der Waals surface area contributed by atoms with Gasteiger partial charge in [-0.3, -0.25) is 9.59 Å². The molecule has 6 heteroatoms. The summed E-state index contributed by atoms with van der Waals surface area (Å²) in [6.45, 7) is 2.12. The molecule has 2 aromatic rings. The Bertz CT molecular complexity index is 807. The summed E-state index contributed by atoms with van der Waals surface area (Å²) in [6, 6.07) is 13.0. The molecule has 3 rings (SSSR count). The number of halogens is 1. The highest BCUT2D eigenvalue weighted by molar-refractivity contribution is 5.94. The Morgan fingerprint density at radius 1 is 1.08 bits per heavy atom. The van der Waals surface area contributed by atoms with E-state index in [1.54, 1.807) is 32.2 Å². The zero-order valence-corrected chi connectivity index (χ0v) is 14.8. The second-order valence-corrected chi connectivity index (χ2v) is 6.33. The molecule has 0 bridgehead atoms. The van der Waals surface area contributed by atoms with Crippen LogP contribution in [0.25, 0.3) is 0 Å². The number of amides is 2. The van der Waals surface area contributed by atoms with Crippen molar-refractivity contribution in [1.82, 2.24) is 9.80 Å². The third-order valence-electron chi connectivity index (χ3n) is 4.61. The van der Waals surface area contributed by atoms with Crippen molar-refractivity contribution in [2.24, 2.45) is 0 Å². The number of hydrogen-bond acceptors (Lipinski definition) is 3. The summed E-state index contributed by atoms with van der Waals surface area (Å²) in [5.74, 6) is 0.0328. The van der Waals surface area contributed by atoms with E-state index in [-0.39, 0.29) is 30.7 Å². The number of carbonyl (C=O) groups is 2. The van der Waals surface area contributed by atoms with Gasteiger partial charge in [0.05, 0.1) is 7.11 Å². The van der Waals surface area contributed by atoms with Gasteiger partial charge in [0.15, 0.2) is 0 Å². The smallest absolute Gasteiger partial charge is 0.245 e. The summed E-state index contributed by atoms with van der Waals surface area (Å²) in [6.07, 6.45) is 0. The SMILES string of the molecule is COc1ccc(CN2CC(=O)N(Cc3ccccc3F)[C@@H](C)C2=O)cc1. The van der Waals surface area contributed by atoms with Gasteiger partial charge >= 0.3 is 0 Å². The van der Waals surface area contributed by atoms with Crippen LogP contribution in [0, 0.1) is 5.82 Å². The number of rotatable bonds is 5. The lowest BCUT2D eigenvalue weighted by atomic mass is 10.1. The second-order valence-electron chi connectivity index (χ2n) is 6.33. The van der Waals surface area contributed by atoms with Crippen molar-refractivity contribution in [3.05, 3.63) is 65.5 Å². The maximum Gasteiger partial charge on any atom is 0.245 e. The molecule has 0 N–H and O–H groups in total. The van der Waals surface area contributed by atoms with Crippen LogP contribution in [0.2, 0.25) is 0 Å². The van der Waals surface area contributed by atoms with E-state index in [2.05, 4.69) is 0 Å². The molecule has 1 aliphatic rings. The Morgan fingerprint density at radius 3 is 2.42 bits per heavy atom. The van der Waals surface area contributed by atoms with Crippen LogP contribution >= 0.6 is 0 Å². The molecule has 1 heterocycles. The molecule has 0 spiro atoms. The topological polar surface area (TPSA) is 49.9 Å². The summed E-state index contributed by atoms with van der Waals surface area (Å²) < 4.78 is 19.0. The number of piperazine rings is 1. The van der Waals surface area contributed by atoms with E-state index in [0.29, 0.717) is 12.1 Å². The monoisotopic (exact) mass is 356 g/mol. The summed E-state index contributed by atoms with van der Waals surface area (Å²) >= 11 is 0. The van der Waals surface area contributed by atoms with Crippen LogP contribution < -0.4 is 4.74 Å². The van der Waals surface area contributed by atoms with E-state index in [9.17, 15) is 14.0 Å². The molecule has 26 heavy (non-hydrogen) atoms. The minimum absolute atomic E-state index is 0.0103. The lowest BCUT2D eigenvalue weighted by Gasteiger charge is -2.39. The van der Waals surface area contributed by atoms with E-state index in [1.807, 2.05) is 24.3 Å². The molecule has 0 aromatic heterocycles. The molecule has 1 aliphatic heterocycles. The zero-order valence-electron chi connectivity index (χ0n) is 14.8. The van der Waals surface area contributed by atoms with Crippen LogP contribution in [0.5, 0.6) is 5.75 Å². The van der Waals surface area contributed by atoms with Crippen LogP contribution in [0.4, 0.5) is 4.39 Å². The third kappa shape index (κ3) is 3.69. The van der Waals surface area contributed by atoms with Gasteiger partial charge in [-0.1, -0.05) is 30.3 Å². The first-order chi connectivity index (χ1) is 12.5. The molecule has 1 fully saturated rings. The molecule has 2 amide bonds. The van der Waals surface area contributed by atoms with Gasteiger partial charge in [0.1, 0.15) is 24.2 Å². The first-order valence-electron chi connectivity index (χ1n) is 8.44.